The molecule has 39 heavy (non-hydrogen) atoms. The Balaban J connectivity index is 0.000000614. The van der Waals surface area contributed by atoms with Gasteiger partial charge in [0.25, 0.3) is 5.82 Å². The summed E-state index contributed by atoms with van der Waals surface area (Å²) in [5.74, 6) is 2.08. The molecule has 0 unspecified atom stereocenters. The molecule has 5 heteroatoms. The van der Waals surface area contributed by atoms with Crippen LogP contribution in [0.2, 0.25) is 0 Å². The van der Waals surface area contributed by atoms with Crippen molar-refractivity contribution in [2.45, 2.75) is 62.3 Å². The average Bonchev–Trinajstić information content (AvgIpc) is 3.38. The van der Waals surface area contributed by atoms with E-state index >= 15 is 0 Å². The predicted octanol–water partition coefficient (Wildman–Crippen LogP) is 8.60. The van der Waals surface area contributed by atoms with Gasteiger partial charge in [-0.15, -0.1) is 0 Å². The van der Waals surface area contributed by atoms with Gasteiger partial charge in [0.05, 0.1) is 20.4 Å². The lowest BCUT2D eigenvalue weighted by atomic mass is 9.59. The van der Waals surface area contributed by atoms with Crippen molar-refractivity contribution in [3.8, 4) is 16.9 Å². The highest BCUT2D eigenvalue weighted by Crippen LogP contribution is 2.50. The van der Waals surface area contributed by atoms with Crippen molar-refractivity contribution >= 4 is 35.3 Å². The number of ether oxygens (including phenoxy) is 1. The number of rotatable bonds is 2. The minimum atomic E-state index is 0.0282. The average molecular weight is 525 g/mol. The summed E-state index contributed by atoms with van der Waals surface area (Å²) >= 11 is 0. The monoisotopic (exact) mass is 524 g/mol. The van der Waals surface area contributed by atoms with E-state index in [0.29, 0.717) is 0 Å². The van der Waals surface area contributed by atoms with Crippen molar-refractivity contribution in [3.63, 3.8) is 0 Å². The number of pyridine rings is 1. The molecule has 0 aliphatic carbocycles. The molecule has 4 aromatic rings. The number of aryl methyl sites for hydroxylation is 1. The van der Waals surface area contributed by atoms with Crippen LogP contribution in [0.25, 0.3) is 11.1 Å². The first-order valence-electron chi connectivity index (χ1n) is 14.6. The van der Waals surface area contributed by atoms with Crippen LogP contribution in [0.1, 0.15) is 61.0 Å². The van der Waals surface area contributed by atoms with Crippen molar-refractivity contribution in [1.82, 2.24) is 0 Å². The first kappa shape index (κ1) is 31.5. The molecule has 3 aromatic carbocycles. The van der Waals surface area contributed by atoms with Gasteiger partial charge in [-0.3, -0.25) is 4.81 Å². The summed E-state index contributed by atoms with van der Waals surface area (Å²) in [5.41, 5.74) is 8.61. The van der Waals surface area contributed by atoms with Crippen molar-refractivity contribution < 1.29 is 9.30 Å². The van der Waals surface area contributed by atoms with E-state index in [1.807, 2.05) is 61.5 Å². The third-order valence-corrected chi connectivity index (χ3v) is 6.53. The molecule has 1 aromatic heterocycles. The van der Waals surface area contributed by atoms with Crippen LogP contribution in [0.4, 0.5) is 22.9 Å². The minimum absolute atomic E-state index is 0.0282. The molecule has 0 fully saturated rings. The quantitative estimate of drug-likeness (QED) is 0.193. The Morgan fingerprint density at radius 1 is 0.615 bits per heavy atom. The topological polar surface area (TPSA) is 19.6 Å². The van der Waals surface area contributed by atoms with Crippen LogP contribution in [0.15, 0.2) is 85.1 Å². The Morgan fingerprint density at radius 3 is 1.85 bits per heavy atom. The lowest BCUT2D eigenvalue weighted by molar-refractivity contribution is -0.657. The molecular formula is C34H47BN3O+. The molecule has 0 atom stereocenters. The van der Waals surface area contributed by atoms with Crippen LogP contribution in [0.3, 0.4) is 0 Å². The number of aromatic nitrogens is 1. The molecule has 0 spiro atoms. The number of fused-ring (bicyclic) bond motifs is 8. The van der Waals surface area contributed by atoms with Gasteiger partial charge >= 0.3 is 6.98 Å². The minimum Gasteiger partial charge on any atom is -0.496 e. The maximum Gasteiger partial charge on any atom is 0.543 e. The molecule has 0 saturated carbocycles. The molecule has 3 heterocycles. The maximum atomic E-state index is 5.68. The standard InChI is InChI=1S/C26H23BN3O.4C2H6/c1-18-22(14-8-16-25(18)31-3)30-26-24(15-9-17-28(26)2)29-23-13-7-5-11-20(23)19-10-4-6-12-21(19)27(29)30;4*1-2/h4-17H,1-3H3;4*1-2H3/q+1;;;;. The van der Waals surface area contributed by atoms with Gasteiger partial charge in [0, 0.05) is 22.3 Å². The second-order valence-electron chi connectivity index (χ2n) is 8.15. The van der Waals surface area contributed by atoms with Crippen LogP contribution in [0, 0.1) is 6.92 Å². The number of hydrogen-bond acceptors (Lipinski definition) is 3. The number of benzene rings is 3. The van der Waals surface area contributed by atoms with Crippen LogP contribution in [0.5, 0.6) is 5.75 Å². The van der Waals surface area contributed by atoms with E-state index in [0.717, 1.165) is 17.0 Å². The van der Waals surface area contributed by atoms with Crippen LogP contribution < -0.4 is 24.4 Å². The van der Waals surface area contributed by atoms with E-state index in [4.69, 9.17) is 4.74 Å². The fourth-order valence-electron chi connectivity index (χ4n) is 5.18. The maximum absolute atomic E-state index is 5.68. The summed E-state index contributed by atoms with van der Waals surface area (Å²) in [6.07, 6.45) is 2.12. The summed E-state index contributed by atoms with van der Waals surface area (Å²) in [6.45, 7) is 18.2. The van der Waals surface area contributed by atoms with Crippen LogP contribution in [-0.2, 0) is 7.05 Å². The zero-order chi connectivity index (χ0) is 29.1. The number of hydrogen-bond donors (Lipinski definition) is 0. The van der Waals surface area contributed by atoms with E-state index in [1.165, 1.54) is 33.8 Å². The summed E-state index contributed by atoms with van der Waals surface area (Å²) in [5, 5.41) is 0. The highest BCUT2D eigenvalue weighted by Gasteiger charge is 2.55. The van der Waals surface area contributed by atoms with Gasteiger partial charge in [-0.05, 0) is 42.8 Å². The van der Waals surface area contributed by atoms with Crippen molar-refractivity contribution in [2.24, 2.45) is 7.05 Å². The van der Waals surface area contributed by atoms with E-state index in [-0.39, 0.29) is 6.98 Å². The van der Waals surface area contributed by atoms with E-state index in [1.54, 1.807) is 7.11 Å². The van der Waals surface area contributed by atoms with Crippen molar-refractivity contribution in [2.75, 3.05) is 16.7 Å². The van der Waals surface area contributed by atoms with Gasteiger partial charge in [0.15, 0.2) is 0 Å². The molecule has 0 bridgehead atoms. The molecule has 2 aliphatic heterocycles. The lowest BCUT2D eigenvalue weighted by Crippen LogP contribution is -2.56. The van der Waals surface area contributed by atoms with Crippen molar-refractivity contribution in [1.29, 1.82) is 0 Å². The van der Waals surface area contributed by atoms with Crippen LogP contribution >= 0.6 is 0 Å². The van der Waals surface area contributed by atoms with E-state index in [9.17, 15) is 0 Å². The smallest absolute Gasteiger partial charge is 0.496 e. The zero-order valence-electron chi connectivity index (χ0n) is 25.9. The normalized spacial score (nSPS) is 11.3. The van der Waals surface area contributed by atoms with E-state index < -0.39 is 0 Å². The van der Waals surface area contributed by atoms with Gasteiger partial charge in [-0.1, -0.05) is 104 Å². The summed E-state index contributed by atoms with van der Waals surface area (Å²) in [4.78, 5) is 4.94. The van der Waals surface area contributed by atoms with Crippen molar-refractivity contribution in [3.05, 3.63) is 90.6 Å². The molecular weight excluding hydrogens is 477 g/mol. The number of para-hydroxylation sites is 1. The fraction of sp³-hybridized carbons (Fsp3) is 0.324. The molecule has 206 valence electrons. The fourth-order valence-corrected chi connectivity index (χ4v) is 5.18. The molecule has 4 nitrogen and oxygen atoms in total. The SMILES string of the molecule is CC.CC.CC.CC.COc1cccc(N2B3c4ccccc4-c4ccccc4N3c3ccc[n+](C)c32)c1C. The third kappa shape index (κ3) is 5.54. The lowest BCUT2D eigenvalue weighted by Gasteiger charge is -2.32. The Kier molecular flexibility index (Phi) is 12.1. The van der Waals surface area contributed by atoms with Gasteiger partial charge < -0.3 is 9.55 Å². The van der Waals surface area contributed by atoms with Gasteiger partial charge in [0.2, 0.25) is 0 Å². The first-order valence-corrected chi connectivity index (χ1v) is 14.6. The molecule has 2 aliphatic rings. The summed E-state index contributed by atoms with van der Waals surface area (Å²) in [7, 11) is 3.86. The van der Waals surface area contributed by atoms with Gasteiger partial charge in [0.1, 0.15) is 17.1 Å². The highest BCUT2D eigenvalue weighted by molar-refractivity contribution is 6.86. The predicted molar refractivity (Wildman–Crippen MR) is 172 cm³/mol. The first-order chi connectivity index (χ1) is 19.2. The highest BCUT2D eigenvalue weighted by atomic mass is 16.5. The van der Waals surface area contributed by atoms with E-state index in [2.05, 4.69) is 107 Å². The molecule has 6 rings (SSSR count). The Hall–Kier alpha value is -3.73. The molecule has 0 amide bonds. The Bertz CT molecular complexity index is 1340. The van der Waals surface area contributed by atoms with Gasteiger partial charge in [-0.2, -0.15) is 0 Å². The zero-order valence-corrected chi connectivity index (χ0v) is 25.9. The molecule has 0 radical (unpaired) electrons. The third-order valence-electron chi connectivity index (χ3n) is 6.53. The number of nitrogens with zero attached hydrogens (tertiary/aromatic N) is 3. The Morgan fingerprint density at radius 2 is 1.18 bits per heavy atom. The van der Waals surface area contributed by atoms with Gasteiger partial charge in [-0.25, -0.2) is 4.57 Å². The number of anilines is 4. The summed E-state index contributed by atoms with van der Waals surface area (Å²) in [6, 6.07) is 28.2. The Labute approximate surface area is 238 Å². The molecule has 0 N–H and O–H groups in total. The number of methoxy groups -OCH3 is 1. The summed E-state index contributed by atoms with van der Waals surface area (Å²) < 4.78 is 7.90. The molecule has 0 saturated heterocycles. The largest absolute Gasteiger partial charge is 0.543 e. The second kappa shape index (κ2) is 15.0. The second-order valence-corrected chi connectivity index (χ2v) is 8.15. The van der Waals surface area contributed by atoms with Crippen LogP contribution in [-0.4, -0.2) is 14.1 Å².